The molecule has 1 aromatic heterocycles. The molecule has 0 bridgehead atoms. The van der Waals surface area contributed by atoms with Gasteiger partial charge in [-0.05, 0) is 49.5 Å². The number of halogens is 2. The summed E-state index contributed by atoms with van der Waals surface area (Å²) in [7, 11) is -3.44. The van der Waals surface area contributed by atoms with Crippen molar-refractivity contribution in [3.05, 3.63) is 53.8 Å². The maximum atomic E-state index is 13.6. The molecule has 3 rings (SSSR count). The average Bonchev–Trinajstić information content (AvgIpc) is 3.13. The van der Waals surface area contributed by atoms with Crippen molar-refractivity contribution in [2.45, 2.75) is 18.7 Å². The molecule has 1 heterocycles. The highest BCUT2D eigenvalue weighted by Crippen LogP contribution is 2.30. The summed E-state index contributed by atoms with van der Waals surface area (Å²) in [6.45, 7) is 6.79. The number of anilines is 1. The minimum absolute atomic E-state index is 0. The summed E-state index contributed by atoms with van der Waals surface area (Å²) in [5, 5.41) is 0.456. The topological polar surface area (TPSA) is 70.6 Å². The van der Waals surface area contributed by atoms with E-state index in [9.17, 15) is 17.6 Å². The van der Waals surface area contributed by atoms with Gasteiger partial charge in [0.1, 0.15) is 5.82 Å². The normalized spacial score (nSPS) is 11.5. The third kappa shape index (κ3) is 6.00. The zero-order valence-corrected chi connectivity index (χ0v) is 20.0. The van der Waals surface area contributed by atoms with E-state index in [4.69, 9.17) is 0 Å². The van der Waals surface area contributed by atoms with E-state index in [1.54, 1.807) is 23.1 Å². The van der Waals surface area contributed by atoms with Crippen molar-refractivity contribution in [3.8, 4) is 0 Å². The number of amides is 1. The van der Waals surface area contributed by atoms with Gasteiger partial charge < -0.3 is 4.90 Å². The Morgan fingerprint density at radius 1 is 1.10 bits per heavy atom. The molecule has 0 aliphatic rings. The number of nitrogens with zero attached hydrogens (tertiary/aromatic N) is 3. The number of fused-ring (bicyclic) bond motifs is 1. The van der Waals surface area contributed by atoms with Crippen molar-refractivity contribution in [3.63, 3.8) is 0 Å². The van der Waals surface area contributed by atoms with Gasteiger partial charge in [0.25, 0.3) is 5.91 Å². The summed E-state index contributed by atoms with van der Waals surface area (Å²) in [6, 6.07) is 10.3. The molecule has 0 aliphatic heterocycles. The van der Waals surface area contributed by atoms with Gasteiger partial charge in [-0.3, -0.25) is 9.69 Å². The van der Waals surface area contributed by atoms with Crippen LogP contribution in [0.1, 0.15) is 24.2 Å². The fourth-order valence-electron chi connectivity index (χ4n) is 3.08. The van der Waals surface area contributed by atoms with E-state index < -0.39 is 9.84 Å². The Hall–Kier alpha value is -2.07. The van der Waals surface area contributed by atoms with Crippen molar-refractivity contribution in [2.24, 2.45) is 0 Å². The van der Waals surface area contributed by atoms with Crippen LogP contribution < -0.4 is 4.90 Å². The Morgan fingerprint density at radius 2 is 1.81 bits per heavy atom. The Kier molecular flexibility index (Phi) is 8.53. The zero-order chi connectivity index (χ0) is 21.9. The van der Waals surface area contributed by atoms with E-state index in [1.807, 2.05) is 13.8 Å². The van der Waals surface area contributed by atoms with Crippen molar-refractivity contribution >= 4 is 54.8 Å². The predicted molar refractivity (Wildman–Crippen MR) is 126 cm³/mol. The first-order valence-corrected chi connectivity index (χ1v) is 12.3. The summed E-state index contributed by atoms with van der Waals surface area (Å²) in [5.74, 6) is -0.702. The van der Waals surface area contributed by atoms with Gasteiger partial charge in [-0.2, -0.15) is 0 Å². The number of rotatable bonds is 8. The Bertz CT molecular complexity index is 1160. The number of likely N-dealkylation sites (N-methyl/N-ethyl adjacent to an activating group) is 1. The van der Waals surface area contributed by atoms with E-state index in [2.05, 4.69) is 9.88 Å². The van der Waals surface area contributed by atoms with Gasteiger partial charge in [0, 0.05) is 24.9 Å². The Morgan fingerprint density at radius 3 is 2.45 bits per heavy atom. The van der Waals surface area contributed by atoms with Crippen molar-refractivity contribution in [1.82, 2.24) is 9.88 Å². The van der Waals surface area contributed by atoms with Crippen LogP contribution in [0.5, 0.6) is 0 Å². The molecule has 0 N–H and O–H groups in total. The molecule has 3 aromatic rings. The molecule has 0 aliphatic carbocycles. The van der Waals surface area contributed by atoms with Crippen LogP contribution in [-0.4, -0.2) is 56.6 Å². The van der Waals surface area contributed by atoms with Crippen LogP contribution in [0, 0.1) is 5.82 Å². The van der Waals surface area contributed by atoms with E-state index in [-0.39, 0.29) is 34.6 Å². The smallest absolute Gasteiger partial charge is 0.260 e. The van der Waals surface area contributed by atoms with E-state index >= 15 is 0 Å². The van der Waals surface area contributed by atoms with Crippen molar-refractivity contribution < 1.29 is 17.6 Å². The SMILES string of the molecule is CCN(CC)CCN(C(=O)c1cccc(S(C)(=O)=O)c1)c1nc2ccc(F)cc2s1.Cl. The molecule has 1 amide bonds. The molecule has 0 fully saturated rings. The summed E-state index contributed by atoms with van der Waals surface area (Å²) in [5.41, 5.74) is 0.879. The number of hydrogen-bond acceptors (Lipinski definition) is 6. The molecule has 0 saturated carbocycles. The second-order valence-electron chi connectivity index (χ2n) is 6.89. The summed E-state index contributed by atoms with van der Waals surface area (Å²) < 4.78 is 38.1. The molecule has 0 saturated heterocycles. The standard InChI is InChI=1S/C21H24FN3O3S2.ClH/c1-4-24(5-2)11-12-25(21-23-18-10-9-16(22)14-19(18)29-21)20(26)15-7-6-8-17(13-15)30(3,27)28;/h6-10,13-14H,4-5,11-12H2,1-3H3;1H. The first-order chi connectivity index (χ1) is 14.2. The van der Waals surface area contributed by atoms with Gasteiger partial charge in [0.15, 0.2) is 15.0 Å². The maximum absolute atomic E-state index is 13.6. The summed E-state index contributed by atoms with van der Waals surface area (Å²) in [4.78, 5) is 21.7. The van der Waals surface area contributed by atoms with Crippen LogP contribution in [0.2, 0.25) is 0 Å². The van der Waals surface area contributed by atoms with E-state index in [1.165, 1.54) is 35.6 Å². The predicted octanol–water partition coefficient (Wildman–Crippen LogP) is 4.25. The van der Waals surface area contributed by atoms with Gasteiger partial charge in [-0.25, -0.2) is 17.8 Å². The fraction of sp³-hybridized carbons (Fsp3) is 0.333. The second-order valence-corrected chi connectivity index (χ2v) is 9.92. The first-order valence-electron chi connectivity index (χ1n) is 9.63. The number of thiazole rings is 1. The van der Waals surface area contributed by atoms with E-state index in [0.29, 0.717) is 28.4 Å². The van der Waals surface area contributed by atoms with Gasteiger partial charge >= 0.3 is 0 Å². The lowest BCUT2D eigenvalue weighted by molar-refractivity contribution is 0.0983. The third-order valence-corrected chi connectivity index (χ3v) is 7.01. The van der Waals surface area contributed by atoms with Crippen LogP contribution in [-0.2, 0) is 9.84 Å². The highest BCUT2D eigenvalue weighted by Gasteiger charge is 2.23. The second kappa shape index (κ2) is 10.5. The number of benzene rings is 2. The third-order valence-electron chi connectivity index (χ3n) is 4.86. The van der Waals surface area contributed by atoms with Crippen LogP contribution in [0.15, 0.2) is 47.4 Å². The van der Waals surface area contributed by atoms with Crippen LogP contribution >= 0.6 is 23.7 Å². The molecule has 31 heavy (non-hydrogen) atoms. The molecule has 0 unspecified atom stereocenters. The molecule has 168 valence electrons. The molecule has 0 spiro atoms. The number of aromatic nitrogens is 1. The summed E-state index contributed by atoms with van der Waals surface area (Å²) >= 11 is 1.24. The maximum Gasteiger partial charge on any atom is 0.260 e. The molecule has 6 nitrogen and oxygen atoms in total. The largest absolute Gasteiger partial charge is 0.302 e. The lowest BCUT2D eigenvalue weighted by Crippen LogP contribution is -2.38. The fourth-order valence-corrected chi connectivity index (χ4v) is 4.76. The van der Waals surface area contributed by atoms with Crippen LogP contribution in [0.4, 0.5) is 9.52 Å². The summed E-state index contributed by atoms with van der Waals surface area (Å²) in [6.07, 6.45) is 1.11. The Balaban J connectivity index is 0.00000341. The monoisotopic (exact) mass is 485 g/mol. The molecular weight excluding hydrogens is 461 g/mol. The lowest BCUT2D eigenvalue weighted by Gasteiger charge is -2.24. The zero-order valence-electron chi connectivity index (χ0n) is 17.5. The van der Waals surface area contributed by atoms with Crippen molar-refractivity contribution in [2.75, 3.05) is 37.3 Å². The minimum atomic E-state index is -3.44. The highest BCUT2D eigenvalue weighted by molar-refractivity contribution is 7.90. The van der Waals surface area contributed by atoms with Crippen LogP contribution in [0.25, 0.3) is 10.2 Å². The average molecular weight is 486 g/mol. The quantitative estimate of drug-likeness (QED) is 0.477. The van der Waals surface area contributed by atoms with Gasteiger partial charge in [0.05, 0.1) is 15.1 Å². The lowest BCUT2D eigenvalue weighted by atomic mass is 10.2. The minimum Gasteiger partial charge on any atom is -0.302 e. The van der Waals surface area contributed by atoms with Crippen molar-refractivity contribution in [1.29, 1.82) is 0 Å². The number of carbonyl (C=O) groups excluding carboxylic acids is 1. The number of sulfone groups is 1. The van der Waals surface area contributed by atoms with Gasteiger partial charge in [-0.1, -0.05) is 31.3 Å². The molecule has 0 radical (unpaired) electrons. The molecule has 2 aromatic carbocycles. The van der Waals surface area contributed by atoms with Gasteiger partial charge in [-0.15, -0.1) is 12.4 Å². The molecule has 0 atom stereocenters. The first kappa shape index (κ1) is 25.2. The number of hydrogen-bond donors (Lipinski definition) is 0. The number of carbonyl (C=O) groups is 1. The van der Waals surface area contributed by atoms with E-state index in [0.717, 1.165) is 19.3 Å². The molecular formula is C21H25ClFN3O3S2. The van der Waals surface area contributed by atoms with Gasteiger partial charge in [0.2, 0.25) is 0 Å². The highest BCUT2D eigenvalue weighted by atomic mass is 35.5. The molecule has 10 heteroatoms. The Labute approximate surface area is 192 Å². The van der Waals surface area contributed by atoms with Crippen LogP contribution in [0.3, 0.4) is 0 Å².